The van der Waals surface area contributed by atoms with E-state index in [1.165, 1.54) is 6.92 Å². The maximum absolute atomic E-state index is 12.9. The zero-order valence-electron chi connectivity index (χ0n) is 16.6. The topological polar surface area (TPSA) is 61.8 Å². The first kappa shape index (κ1) is 21.3. The largest absolute Gasteiger partial charge is 0.464 e. The number of allylic oxidation sites excluding steroid dienone is 1. The highest BCUT2D eigenvalue weighted by molar-refractivity contribution is 7.64. The van der Waals surface area contributed by atoms with E-state index in [1.807, 2.05) is 18.2 Å². The molecule has 0 amide bonds. The van der Waals surface area contributed by atoms with Crippen molar-refractivity contribution in [1.82, 2.24) is 0 Å². The minimum absolute atomic E-state index is 0.198. The van der Waals surface area contributed by atoms with Gasteiger partial charge in [-0.2, -0.15) is 0 Å². The van der Waals surface area contributed by atoms with Crippen LogP contribution in [-0.4, -0.2) is 17.7 Å². The van der Waals surface area contributed by atoms with Crippen molar-refractivity contribution in [2.45, 2.75) is 12.9 Å². The third-order valence-corrected chi connectivity index (χ3v) is 5.49. The van der Waals surface area contributed by atoms with Crippen LogP contribution in [0.15, 0.2) is 103 Å². The van der Waals surface area contributed by atoms with Crippen LogP contribution in [0.2, 0.25) is 0 Å². The predicted molar refractivity (Wildman–Crippen MR) is 116 cm³/mol. The molecule has 5 nitrogen and oxygen atoms in total. The molecule has 6 heteroatoms. The van der Waals surface area contributed by atoms with Gasteiger partial charge in [0.1, 0.15) is 17.2 Å². The molecule has 3 aromatic rings. The fraction of sp³-hybridized carbons (Fsp3) is 0.125. The van der Waals surface area contributed by atoms with Crippen molar-refractivity contribution in [2.24, 2.45) is 0 Å². The summed E-state index contributed by atoms with van der Waals surface area (Å²) >= 11 is 0. The zero-order chi connectivity index (χ0) is 21.4. The number of hydrogen-bond acceptors (Lipinski definition) is 5. The molecule has 0 N–H and O–H groups in total. The second-order valence-corrected chi connectivity index (χ2v) is 8.03. The highest BCUT2D eigenvalue weighted by Crippen LogP contribution is 2.36. The molecule has 0 spiro atoms. The van der Waals surface area contributed by atoms with E-state index >= 15 is 0 Å². The van der Waals surface area contributed by atoms with Crippen LogP contribution in [0, 0.1) is 0 Å². The number of para-hydroxylation sites is 3. The van der Waals surface area contributed by atoms with E-state index in [9.17, 15) is 9.36 Å². The normalized spacial score (nSPS) is 11.3. The standard InChI is InChI=1S/C24H22O5P/c1-19(2)23(25)30(26)18-24(27-20-12-6-3-7-13-20,28-21-14-8-4-9-15-21)29-22-16-10-5-11-17-22/h3-17H,1,18H2,2H3/q+1. The Morgan fingerprint density at radius 1 is 0.767 bits per heavy atom. The Hall–Kier alpha value is -3.43. The second-order valence-electron chi connectivity index (χ2n) is 6.55. The molecule has 0 heterocycles. The summed E-state index contributed by atoms with van der Waals surface area (Å²) in [6.45, 7) is 5.12. The number of ether oxygens (including phenoxy) is 3. The van der Waals surface area contributed by atoms with E-state index < -0.39 is 19.3 Å². The predicted octanol–water partition coefficient (Wildman–Crippen LogP) is 5.81. The third kappa shape index (κ3) is 5.79. The van der Waals surface area contributed by atoms with Gasteiger partial charge in [0.15, 0.2) is 0 Å². The van der Waals surface area contributed by atoms with Gasteiger partial charge in [-0.15, -0.1) is 0 Å². The Morgan fingerprint density at radius 3 is 1.40 bits per heavy atom. The number of rotatable bonds is 10. The maximum Gasteiger partial charge on any atom is 0.464 e. The monoisotopic (exact) mass is 421 g/mol. The van der Waals surface area contributed by atoms with Crippen molar-refractivity contribution in [3.63, 3.8) is 0 Å². The molecule has 0 aliphatic heterocycles. The van der Waals surface area contributed by atoms with Crippen LogP contribution < -0.4 is 14.2 Å². The van der Waals surface area contributed by atoms with Crippen LogP contribution in [-0.2, 0) is 9.36 Å². The van der Waals surface area contributed by atoms with Crippen LogP contribution >= 0.6 is 7.80 Å². The molecule has 0 aliphatic carbocycles. The molecule has 3 aromatic carbocycles. The molecular weight excluding hydrogens is 399 g/mol. The lowest BCUT2D eigenvalue weighted by Crippen LogP contribution is -2.51. The summed E-state index contributed by atoms with van der Waals surface area (Å²) in [6, 6.07) is 26.7. The average Bonchev–Trinajstić information content (AvgIpc) is 2.75. The molecule has 1 atom stereocenters. The summed E-state index contributed by atoms with van der Waals surface area (Å²) in [7, 11) is -2.42. The average molecular weight is 421 g/mol. The van der Waals surface area contributed by atoms with Crippen molar-refractivity contribution < 1.29 is 23.6 Å². The molecule has 0 saturated carbocycles. The molecule has 0 aromatic heterocycles. The van der Waals surface area contributed by atoms with Crippen molar-refractivity contribution in [2.75, 3.05) is 6.16 Å². The van der Waals surface area contributed by atoms with E-state index in [0.29, 0.717) is 17.2 Å². The van der Waals surface area contributed by atoms with Crippen molar-refractivity contribution >= 4 is 13.3 Å². The Kier molecular flexibility index (Phi) is 6.99. The fourth-order valence-corrected chi connectivity index (χ4v) is 3.74. The number of carbonyl (C=O) groups excluding carboxylic acids is 1. The third-order valence-electron chi connectivity index (χ3n) is 3.98. The summed E-state index contributed by atoms with van der Waals surface area (Å²) in [5.74, 6) is -0.524. The van der Waals surface area contributed by atoms with Gasteiger partial charge in [0, 0.05) is 5.57 Å². The molecule has 30 heavy (non-hydrogen) atoms. The Balaban J connectivity index is 2.03. The lowest BCUT2D eigenvalue weighted by Gasteiger charge is -2.31. The van der Waals surface area contributed by atoms with E-state index in [-0.39, 0.29) is 11.7 Å². The lowest BCUT2D eigenvalue weighted by molar-refractivity contribution is -0.235. The lowest BCUT2D eigenvalue weighted by atomic mass is 10.3. The van der Waals surface area contributed by atoms with Gasteiger partial charge >= 0.3 is 19.3 Å². The van der Waals surface area contributed by atoms with Crippen LogP contribution in [0.5, 0.6) is 17.2 Å². The highest BCUT2D eigenvalue weighted by Gasteiger charge is 2.50. The molecule has 0 saturated heterocycles. The number of carbonyl (C=O) groups is 1. The minimum Gasteiger partial charge on any atom is -0.417 e. The van der Waals surface area contributed by atoms with E-state index in [4.69, 9.17) is 14.2 Å². The van der Waals surface area contributed by atoms with Gasteiger partial charge in [-0.3, -0.25) is 0 Å². The van der Waals surface area contributed by atoms with Gasteiger partial charge in [-0.1, -0.05) is 65.7 Å². The van der Waals surface area contributed by atoms with E-state index in [0.717, 1.165) is 0 Å². The molecule has 3 rings (SSSR count). The molecule has 0 radical (unpaired) electrons. The minimum atomic E-state index is -2.42. The summed E-state index contributed by atoms with van der Waals surface area (Å²) in [5, 5.41) is 0. The smallest absolute Gasteiger partial charge is 0.417 e. The highest BCUT2D eigenvalue weighted by atomic mass is 31.1. The maximum atomic E-state index is 12.9. The number of hydrogen-bond donors (Lipinski definition) is 0. The second kappa shape index (κ2) is 9.86. The molecule has 0 aliphatic rings. The summed E-state index contributed by atoms with van der Waals surface area (Å²) in [6.07, 6.45) is -0.327. The van der Waals surface area contributed by atoms with Crippen molar-refractivity contribution in [1.29, 1.82) is 0 Å². The Labute approximate surface area is 176 Å². The zero-order valence-corrected chi connectivity index (χ0v) is 17.5. The van der Waals surface area contributed by atoms with Crippen molar-refractivity contribution in [3.05, 3.63) is 103 Å². The van der Waals surface area contributed by atoms with Crippen LogP contribution in [0.3, 0.4) is 0 Å². The molecule has 0 fully saturated rings. The van der Waals surface area contributed by atoms with Crippen molar-refractivity contribution in [3.8, 4) is 17.2 Å². The summed E-state index contributed by atoms with van der Waals surface area (Å²) in [5.41, 5.74) is -0.358. The Bertz CT molecular complexity index is 902. The van der Waals surface area contributed by atoms with Gasteiger partial charge in [0.05, 0.1) is 0 Å². The number of benzene rings is 3. The van der Waals surface area contributed by atoms with Gasteiger partial charge in [0.2, 0.25) is 0 Å². The van der Waals surface area contributed by atoms with E-state index in [1.54, 1.807) is 72.8 Å². The van der Waals surface area contributed by atoms with Crippen LogP contribution in [0.25, 0.3) is 0 Å². The SMILES string of the molecule is C=C(C)C(=O)[P+](=O)CC(Oc1ccccc1)(Oc1ccccc1)Oc1ccccc1. The van der Waals surface area contributed by atoms with Crippen LogP contribution in [0.1, 0.15) is 6.92 Å². The van der Waals surface area contributed by atoms with Crippen LogP contribution in [0.4, 0.5) is 0 Å². The van der Waals surface area contributed by atoms with Gasteiger partial charge in [-0.05, 0) is 43.3 Å². The molecule has 1 unspecified atom stereocenters. The first-order chi connectivity index (χ1) is 14.5. The van der Waals surface area contributed by atoms with Gasteiger partial charge in [-0.25, -0.2) is 4.79 Å². The Morgan fingerprint density at radius 2 is 1.10 bits per heavy atom. The summed E-state index contributed by atoms with van der Waals surface area (Å²) in [4.78, 5) is 12.3. The summed E-state index contributed by atoms with van der Waals surface area (Å²) < 4.78 is 31.2. The van der Waals surface area contributed by atoms with Gasteiger partial charge < -0.3 is 14.2 Å². The molecule has 152 valence electrons. The fourth-order valence-electron chi connectivity index (χ4n) is 2.62. The first-order valence-electron chi connectivity index (χ1n) is 9.34. The quantitative estimate of drug-likeness (QED) is 0.235. The molecule has 0 bridgehead atoms. The van der Waals surface area contributed by atoms with E-state index in [2.05, 4.69) is 6.58 Å². The molecular formula is C24H22O5P+. The first-order valence-corrected chi connectivity index (χ1v) is 10.8. The van der Waals surface area contributed by atoms with Gasteiger partial charge in [0.25, 0.3) is 6.16 Å².